The van der Waals surface area contributed by atoms with Crippen molar-refractivity contribution in [2.45, 2.75) is 56.1 Å². The molecule has 9 nitrogen and oxygen atoms in total. The molecule has 32 heavy (non-hydrogen) atoms. The summed E-state index contributed by atoms with van der Waals surface area (Å²) in [4.78, 5) is 13.1. The number of nitrogens with zero attached hydrogens (tertiary/aromatic N) is 5. The topological polar surface area (TPSA) is 95.7 Å². The molecule has 1 aliphatic heterocycles. The minimum absolute atomic E-state index is 0.169. The smallest absolute Gasteiger partial charge is 0.223 e. The van der Waals surface area contributed by atoms with Gasteiger partial charge in [-0.2, -0.15) is 5.10 Å². The third kappa shape index (κ3) is 3.54. The maximum Gasteiger partial charge on any atom is 0.223 e. The summed E-state index contributed by atoms with van der Waals surface area (Å²) in [5, 5.41) is 7.84. The molecule has 9 heteroatoms. The molecule has 4 heterocycles. The SMILES string of the molecule is COc1cnc(NC2CCC(Oc3cc(C45CCOCC4C5)cn4ncnc34)CC2)nc1. The lowest BCUT2D eigenvalue weighted by Crippen LogP contribution is -2.32. The molecule has 2 atom stereocenters. The summed E-state index contributed by atoms with van der Waals surface area (Å²) in [6, 6.07) is 2.56. The molecule has 1 N–H and O–H groups in total. The van der Waals surface area contributed by atoms with Crippen LogP contribution in [0.5, 0.6) is 11.5 Å². The number of ether oxygens (including phenoxy) is 3. The van der Waals surface area contributed by atoms with Gasteiger partial charge in [0.25, 0.3) is 0 Å². The van der Waals surface area contributed by atoms with Crippen LogP contribution in [0.25, 0.3) is 5.65 Å². The zero-order valence-electron chi connectivity index (χ0n) is 18.2. The van der Waals surface area contributed by atoms with Gasteiger partial charge in [0.15, 0.2) is 17.1 Å². The molecular formula is C23H28N6O3. The molecule has 0 amide bonds. The number of hydrogen-bond acceptors (Lipinski definition) is 8. The Hall–Kier alpha value is -2.94. The van der Waals surface area contributed by atoms with Crippen molar-refractivity contribution in [3.63, 3.8) is 0 Å². The van der Waals surface area contributed by atoms with Crippen molar-refractivity contribution >= 4 is 11.6 Å². The predicted molar refractivity (Wildman–Crippen MR) is 117 cm³/mol. The van der Waals surface area contributed by atoms with E-state index >= 15 is 0 Å². The normalized spacial score (nSPS) is 29.3. The van der Waals surface area contributed by atoms with Crippen LogP contribution >= 0.6 is 0 Å². The van der Waals surface area contributed by atoms with Crippen LogP contribution in [0.2, 0.25) is 0 Å². The van der Waals surface area contributed by atoms with E-state index in [-0.39, 0.29) is 11.5 Å². The molecular weight excluding hydrogens is 408 g/mol. The van der Waals surface area contributed by atoms with Crippen LogP contribution in [-0.2, 0) is 10.2 Å². The number of fused-ring (bicyclic) bond motifs is 2. The fourth-order valence-electron chi connectivity index (χ4n) is 5.32. The highest BCUT2D eigenvalue weighted by atomic mass is 16.5. The Bertz CT molecular complexity index is 1090. The molecule has 3 aromatic rings. The molecule has 0 aromatic carbocycles. The van der Waals surface area contributed by atoms with Crippen molar-refractivity contribution in [1.82, 2.24) is 24.6 Å². The number of anilines is 1. The van der Waals surface area contributed by atoms with Crippen LogP contribution in [0.15, 0.2) is 31.0 Å². The Kier molecular flexibility index (Phi) is 4.86. The van der Waals surface area contributed by atoms with Crippen LogP contribution in [0.3, 0.4) is 0 Å². The lowest BCUT2D eigenvalue weighted by molar-refractivity contribution is 0.0800. The van der Waals surface area contributed by atoms with Crippen molar-refractivity contribution in [1.29, 1.82) is 0 Å². The van der Waals surface area contributed by atoms with E-state index in [0.29, 0.717) is 23.7 Å². The van der Waals surface area contributed by atoms with Crippen LogP contribution in [0.1, 0.15) is 44.1 Å². The monoisotopic (exact) mass is 436 g/mol. The Morgan fingerprint density at radius 1 is 1.16 bits per heavy atom. The van der Waals surface area contributed by atoms with Gasteiger partial charge in [-0.25, -0.2) is 19.5 Å². The van der Waals surface area contributed by atoms with Crippen LogP contribution in [0.4, 0.5) is 5.95 Å². The molecule has 0 radical (unpaired) electrons. The molecule has 0 bridgehead atoms. The summed E-state index contributed by atoms with van der Waals surface area (Å²) >= 11 is 0. The Labute approximate surface area is 186 Å². The van der Waals surface area contributed by atoms with Gasteiger partial charge < -0.3 is 19.5 Å². The number of methoxy groups -OCH3 is 1. The Balaban J connectivity index is 1.13. The third-order valence-corrected chi connectivity index (χ3v) is 7.32. The average Bonchev–Trinajstić information content (AvgIpc) is 3.40. The second kappa shape index (κ2) is 7.88. The van der Waals surface area contributed by atoms with Gasteiger partial charge in [-0.1, -0.05) is 0 Å². The van der Waals surface area contributed by atoms with E-state index in [1.165, 1.54) is 12.0 Å². The van der Waals surface area contributed by atoms with E-state index in [0.717, 1.165) is 56.7 Å². The van der Waals surface area contributed by atoms with Crippen molar-refractivity contribution in [3.8, 4) is 11.5 Å². The van der Waals surface area contributed by atoms with Gasteiger partial charge in [-0.3, -0.25) is 0 Å². The zero-order valence-corrected chi connectivity index (χ0v) is 18.2. The van der Waals surface area contributed by atoms with Crippen molar-refractivity contribution < 1.29 is 14.2 Å². The van der Waals surface area contributed by atoms with E-state index in [1.807, 2.05) is 4.52 Å². The number of pyridine rings is 1. The second-order valence-corrected chi connectivity index (χ2v) is 9.19. The molecule has 3 aliphatic rings. The summed E-state index contributed by atoms with van der Waals surface area (Å²) in [6.45, 7) is 1.69. The maximum absolute atomic E-state index is 6.52. The van der Waals surface area contributed by atoms with Gasteiger partial charge in [-0.05, 0) is 56.1 Å². The highest BCUT2D eigenvalue weighted by Crippen LogP contribution is 2.59. The van der Waals surface area contributed by atoms with E-state index in [4.69, 9.17) is 14.2 Å². The number of aromatic nitrogens is 5. The molecule has 2 saturated carbocycles. The Morgan fingerprint density at radius 3 is 2.78 bits per heavy atom. The van der Waals surface area contributed by atoms with Gasteiger partial charge in [0.05, 0.1) is 32.2 Å². The maximum atomic E-state index is 6.52. The first-order chi connectivity index (χ1) is 15.7. The molecule has 168 valence electrons. The predicted octanol–water partition coefficient (Wildman–Crippen LogP) is 3.01. The number of nitrogens with one attached hydrogen (secondary N) is 1. The Morgan fingerprint density at radius 2 is 2.00 bits per heavy atom. The third-order valence-electron chi connectivity index (χ3n) is 7.32. The lowest BCUT2D eigenvalue weighted by Gasteiger charge is -2.30. The quantitative estimate of drug-likeness (QED) is 0.630. The van der Waals surface area contributed by atoms with Crippen molar-refractivity contribution in [2.75, 3.05) is 25.6 Å². The summed E-state index contributed by atoms with van der Waals surface area (Å²) in [5.41, 5.74) is 2.34. The van der Waals surface area contributed by atoms with Crippen LogP contribution in [0, 0.1) is 5.92 Å². The molecule has 2 aliphatic carbocycles. The first-order valence-corrected chi connectivity index (χ1v) is 11.4. The zero-order chi connectivity index (χ0) is 21.5. The van der Waals surface area contributed by atoms with Gasteiger partial charge in [0, 0.05) is 24.3 Å². The highest BCUT2D eigenvalue weighted by Gasteiger charge is 2.57. The first-order valence-electron chi connectivity index (χ1n) is 11.4. The molecule has 3 fully saturated rings. The minimum atomic E-state index is 0.169. The standard InChI is InChI=1S/C23H28N6O3/c1-30-19-10-24-22(25-11-19)28-17-2-4-18(5-3-17)32-20-8-15(12-29-21(20)26-14-27-29)23-6-7-31-13-16(23)9-23/h8,10-12,14,16-18H,2-7,9,13H2,1H3,(H,24,25,28). The van der Waals surface area contributed by atoms with E-state index in [1.54, 1.807) is 25.8 Å². The molecule has 3 aromatic heterocycles. The van der Waals surface area contributed by atoms with Crippen molar-refractivity contribution in [3.05, 3.63) is 36.5 Å². The van der Waals surface area contributed by atoms with Gasteiger partial charge in [0.2, 0.25) is 5.95 Å². The summed E-state index contributed by atoms with van der Waals surface area (Å²) in [5.74, 6) is 2.77. The largest absolute Gasteiger partial charge is 0.494 e. The minimum Gasteiger partial charge on any atom is -0.494 e. The molecule has 2 unspecified atom stereocenters. The fourth-order valence-corrected chi connectivity index (χ4v) is 5.32. The summed E-state index contributed by atoms with van der Waals surface area (Å²) in [7, 11) is 1.61. The summed E-state index contributed by atoms with van der Waals surface area (Å²) in [6.07, 6.45) is 13.5. The van der Waals surface area contributed by atoms with Gasteiger partial charge >= 0.3 is 0 Å². The van der Waals surface area contributed by atoms with Crippen LogP contribution < -0.4 is 14.8 Å². The van der Waals surface area contributed by atoms with E-state index in [2.05, 4.69) is 37.6 Å². The summed E-state index contributed by atoms with van der Waals surface area (Å²) < 4.78 is 19.2. The van der Waals surface area contributed by atoms with E-state index in [9.17, 15) is 0 Å². The lowest BCUT2D eigenvalue weighted by atomic mass is 9.90. The second-order valence-electron chi connectivity index (χ2n) is 9.19. The fraction of sp³-hybridized carbons (Fsp3) is 0.565. The molecule has 6 rings (SSSR count). The highest BCUT2D eigenvalue weighted by molar-refractivity contribution is 5.56. The van der Waals surface area contributed by atoms with Gasteiger partial charge in [-0.15, -0.1) is 0 Å². The average molecular weight is 437 g/mol. The first kappa shape index (κ1) is 19.7. The molecule has 0 spiro atoms. The number of rotatable bonds is 6. The van der Waals surface area contributed by atoms with Crippen molar-refractivity contribution in [2.24, 2.45) is 5.92 Å². The van der Waals surface area contributed by atoms with E-state index < -0.39 is 0 Å². The molecule has 1 saturated heterocycles. The van der Waals surface area contributed by atoms with Crippen LogP contribution in [-0.4, -0.2) is 57.0 Å². The van der Waals surface area contributed by atoms with Gasteiger partial charge in [0.1, 0.15) is 6.33 Å². The number of hydrogen-bond donors (Lipinski definition) is 1.